The third-order valence-corrected chi connectivity index (χ3v) is 5.22. The molecule has 0 saturated carbocycles. The van der Waals surface area contributed by atoms with Crippen molar-refractivity contribution in [3.05, 3.63) is 52.4 Å². The zero-order chi connectivity index (χ0) is 17.8. The molecule has 4 rings (SSSR count). The van der Waals surface area contributed by atoms with E-state index in [9.17, 15) is 4.79 Å². The smallest absolute Gasteiger partial charge is 0.274 e. The third-order valence-electron chi connectivity index (χ3n) is 5.22. The van der Waals surface area contributed by atoms with Crippen LogP contribution in [0.1, 0.15) is 45.8 Å². The first kappa shape index (κ1) is 17.2. The van der Waals surface area contributed by atoms with Crippen LogP contribution in [0.5, 0.6) is 0 Å². The van der Waals surface area contributed by atoms with Gasteiger partial charge in [-0.05, 0) is 30.4 Å². The minimum Gasteiger partial charge on any atom is -0.379 e. The van der Waals surface area contributed by atoms with Crippen LogP contribution in [0.25, 0.3) is 0 Å². The second-order valence-electron chi connectivity index (χ2n) is 6.98. The summed E-state index contributed by atoms with van der Waals surface area (Å²) in [6.07, 6.45) is 3.97. The molecule has 1 aliphatic heterocycles. The Hall–Kier alpha value is -2.18. The quantitative estimate of drug-likeness (QED) is 0.891. The van der Waals surface area contributed by atoms with Crippen LogP contribution in [0, 0.1) is 0 Å². The van der Waals surface area contributed by atoms with Crippen molar-refractivity contribution in [3.63, 3.8) is 0 Å². The fourth-order valence-corrected chi connectivity index (χ4v) is 3.71. The van der Waals surface area contributed by atoms with Gasteiger partial charge in [-0.15, -0.1) is 0 Å². The highest BCUT2D eigenvalue weighted by molar-refractivity contribution is 5.93. The van der Waals surface area contributed by atoms with Crippen LogP contribution in [0.4, 0.5) is 0 Å². The van der Waals surface area contributed by atoms with Crippen molar-refractivity contribution >= 4 is 5.91 Å². The van der Waals surface area contributed by atoms with Gasteiger partial charge >= 0.3 is 0 Å². The highest BCUT2D eigenvalue weighted by atomic mass is 16.5. The van der Waals surface area contributed by atoms with Crippen molar-refractivity contribution in [3.8, 4) is 0 Å². The maximum atomic E-state index is 12.6. The van der Waals surface area contributed by atoms with Crippen LogP contribution in [-0.4, -0.2) is 42.3 Å². The van der Waals surface area contributed by atoms with E-state index < -0.39 is 0 Å². The molecule has 1 aromatic carbocycles. The number of fused-ring (bicyclic) bond motifs is 1. The topological polar surface area (TPSA) is 67.6 Å². The number of ether oxygens (including phenoxy) is 1. The van der Waals surface area contributed by atoms with Gasteiger partial charge in [0.05, 0.1) is 13.2 Å². The molecule has 1 saturated heterocycles. The Morgan fingerprint density at radius 1 is 1.12 bits per heavy atom. The number of nitrogens with zero attached hydrogens (tertiary/aromatic N) is 2. The number of carbonyl (C=O) groups excluding carboxylic acids is 1. The van der Waals surface area contributed by atoms with Crippen LogP contribution in [0.3, 0.4) is 0 Å². The largest absolute Gasteiger partial charge is 0.379 e. The fraction of sp³-hybridized carbons (Fsp3) is 0.500. The van der Waals surface area contributed by atoms with Gasteiger partial charge in [0.2, 0.25) is 0 Å². The lowest BCUT2D eigenvalue weighted by molar-refractivity contribution is 0.0340. The van der Waals surface area contributed by atoms with E-state index in [1.807, 2.05) is 6.07 Å². The SMILES string of the molecule is O=C(NCc1ccccc1CN1CCOCC1)c1noc2c1CCCC2. The molecule has 6 heteroatoms. The summed E-state index contributed by atoms with van der Waals surface area (Å²) in [5.74, 6) is 0.743. The van der Waals surface area contributed by atoms with Gasteiger partial charge in [0.1, 0.15) is 5.76 Å². The lowest BCUT2D eigenvalue weighted by Gasteiger charge is -2.27. The summed E-state index contributed by atoms with van der Waals surface area (Å²) in [6, 6.07) is 8.28. The van der Waals surface area contributed by atoms with Crippen molar-refractivity contribution in [1.82, 2.24) is 15.4 Å². The van der Waals surface area contributed by atoms with Crippen molar-refractivity contribution in [2.24, 2.45) is 0 Å². The van der Waals surface area contributed by atoms with Crippen molar-refractivity contribution in [1.29, 1.82) is 0 Å². The maximum absolute atomic E-state index is 12.6. The molecule has 1 aliphatic carbocycles. The molecule has 6 nitrogen and oxygen atoms in total. The van der Waals surface area contributed by atoms with Crippen molar-refractivity contribution in [2.75, 3.05) is 26.3 Å². The number of nitrogens with one attached hydrogen (secondary N) is 1. The van der Waals surface area contributed by atoms with E-state index in [4.69, 9.17) is 9.26 Å². The molecule has 2 aromatic rings. The number of aromatic nitrogens is 1. The molecular weight excluding hydrogens is 330 g/mol. The van der Waals surface area contributed by atoms with Gasteiger partial charge in [0.15, 0.2) is 5.69 Å². The van der Waals surface area contributed by atoms with Crippen LogP contribution in [0.2, 0.25) is 0 Å². The van der Waals surface area contributed by atoms with Gasteiger partial charge in [-0.3, -0.25) is 9.69 Å². The molecule has 1 amide bonds. The number of aryl methyl sites for hydroxylation is 1. The van der Waals surface area contributed by atoms with Gasteiger partial charge in [-0.2, -0.15) is 0 Å². The number of morpholine rings is 1. The zero-order valence-electron chi connectivity index (χ0n) is 15.0. The van der Waals surface area contributed by atoms with Gasteiger partial charge in [-0.1, -0.05) is 29.4 Å². The first-order chi connectivity index (χ1) is 12.8. The molecule has 2 heterocycles. The summed E-state index contributed by atoms with van der Waals surface area (Å²) >= 11 is 0. The molecular formula is C20H25N3O3. The summed E-state index contributed by atoms with van der Waals surface area (Å²) in [5, 5.41) is 7.04. The van der Waals surface area contributed by atoms with Gasteiger partial charge in [0, 0.05) is 38.2 Å². The molecule has 0 unspecified atom stereocenters. The third kappa shape index (κ3) is 3.81. The van der Waals surface area contributed by atoms with E-state index in [1.165, 1.54) is 5.56 Å². The Kier molecular flexibility index (Phi) is 5.32. The summed E-state index contributed by atoms with van der Waals surface area (Å²) in [7, 11) is 0. The Morgan fingerprint density at radius 3 is 2.73 bits per heavy atom. The normalized spacial score (nSPS) is 17.7. The molecule has 2 aliphatic rings. The van der Waals surface area contributed by atoms with Gasteiger partial charge in [-0.25, -0.2) is 0 Å². The average Bonchev–Trinajstić information content (AvgIpc) is 3.12. The van der Waals surface area contributed by atoms with E-state index in [1.54, 1.807) is 0 Å². The van der Waals surface area contributed by atoms with Crippen LogP contribution in [-0.2, 0) is 30.7 Å². The van der Waals surface area contributed by atoms with Gasteiger partial charge in [0.25, 0.3) is 5.91 Å². The summed E-state index contributed by atoms with van der Waals surface area (Å²) < 4.78 is 10.8. The Morgan fingerprint density at radius 2 is 1.88 bits per heavy atom. The van der Waals surface area contributed by atoms with Crippen LogP contribution >= 0.6 is 0 Å². The van der Waals surface area contributed by atoms with E-state index in [0.717, 1.165) is 75.4 Å². The second-order valence-corrected chi connectivity index (χ2v) is 6.98. The number of carbonyl (C=O) groups is 1. The van der Waals surface area contributed by atoms with Crippen molar-refractivity contribution < 1.29 is 14.1 Å². The lowest BCUT2D eigenvalue weighted by Crippen LogP contribution is -2.36. The Labute approximate surface area is 153 Å². The second kappa shape index (κ2) is 8.01. The highest BCUT2D eigenvalue weighted by Gasteiger charge is 2.24. The summed E-state index contributed by atoms with van der Waals surface area (Å²) in [4.78, 5) is 15.0. The predicted octanol–water partition coefficient (Wildman–Crippen LogP) is 2.32. The van der Waals surface area contributed by atoms with E-state index in [2.05, 4.69) is 33.6 Å². The standard InChI is InChI=1S/C20H25N3O3/c24-20(19-17-7-3-4-8-18(17)26-22-19)21-13-15-5-1-2-6-16(15)14-23-9-11-25-12-10-23/h1-2,5-6H,3-4,7-14H2,(H,21,24). The number of benzene rings is 1. The molecule has 138 valence electrons. The first-order valence-electron chi connectivity index (χ1n) is 9.44. The number of hydrogen-bond acceptors (Lipinski definition) is 5. The van der Waals surface area contributed by atoms with Crippen LogP contribution in [0.15, 0.2) is 28.8 Å². The first-order valence-corrected chi connectivity index (χ1v) is 9.44. The molecule has 0 spiro atoms. The van der Waals surface area contributed by atoms with E-state index in [-0.39, 0.29) is 5.91 Å². The van der Waals surface area contributed by atoms with Crippen molar-refractivity contribution in [2.45, 2.75) is 38.8 Å². The minimum atomic E-state index is -0.141. The predicted molar refractivity (Wildman–Crippen MR) is 96.9 cm³/mol. The number of rotatable bonds is 5. The average molecular weight is 355 g/mol. The highest BCUT2D eigenvalue weighted by Crippen LogP contribution is 2.24. The van der Waals surface area contributed by atoms with E-state index >= 15 is 0 Å². The molecule has 1 fully saturated rings. The zero-order valence-corrected chi connectivity index (χ0v) is 15.0. The summed E-state index contributed by atoms with van der Waals surface area (Å²) in [6.45, 7) is 4.86. The molecule has 1 N–H and O–H groups in total. The molecule has 0 atom stereocenters. The minimum absolute atomic E-state index is 0.141. The Balaban J connectivity index is 1.41. The summed E-state index contributed by atoms with van der Waals surface area (Å²) in [5.41, 5.74) is 3.85. The lowest BCUT2D eigenvalue weighted by atomic mass is 9.96. The Bertz CT molecular complexity index is 765. The van der Waals surface area contributed by atoms with E-state index in [0.29, 0.717) is 12.2 Å². The van der Waals surface area contributed by atoms with Crippen LogP contribution < -0.4 is 5.32 Å². The fourth-order valence-electron chi connectivity index (χ4n) is 3.71. The number of amides is 1. The molecule has 26 heavy (non-hydrogen) atoms. The maximum Gasteiger partial charge on any atom is 0.274 e. The van der Waals surface area contributed by atoms with Gasteiger partial charge < -0.3 is 14.6 Å². The molecule has 0 radical (unpaired) electrons. The molecule has 0 bridgehead atoms. The molecule has 1 aromatic heterocycles. The number of hydrogen-bond donors (Lipinski definition) is 1. The monoisotopic (exact) mass is 355 g/mol.